The van der Waals surface area contributed by atoms with Crippen LogP contribution in [0.2, 0.25) is 0 Å². The fourth-order valence-corrected chi connectivity index (χ4v) is 3.73. The predicted octanol–water partition coefficient (Wildman–Crippen LogP) is 4.36. The molecule has 6 nitrogen and oxygen atoms in total. The molecule has 0 fully saturated rings. The van der Waals surface area contributed by atoms with E-state index in [0.29, 0.717) is 5.75 Å². The molecule has 1 heterocycles. The van der Waals surface area contributed by atoms with Crippen molar-refractivity contribution in [2.24, 2.45) is 0 Å². The molecule has 0 aliphatic rings. The van der Waals surface area contributed by atoms with E-state index in [4.69, 9.17) is 4.74 Å². The third-order valence-electron chi connectivity index (χ3n) is 5.39. The molecule has 32 heavy (non-hydrogen) atoms. The molecule has 0 bridgehead atoms. The highest BCUT2D eigenvalue weighted by molar-refractivity contribution is 6.03. The topological polar surface area (TPSA) is 92.3 Å². The van der Waals surface area contributed by atoms with Crippen molar-refractivity contribution in [3.63, 3.8) is 0 Å². The highest BCUT2D eigenvalue weighted by Crippen LogP contribution is 2.26. The number of aryl methyl sites for hydroxylation is 3. The van der Waals surface area contributed by atoms with Crippen molar-refractivity contribution in [3.8, 4) is 17.7 Å². The van der Waals surface area contributed by atoms with Crippen LogP contribution in [0.15, 0.2) is 47.3 Å². The Kier molecular flexibility index (Phi) is 6.50. The summed E-state index contributed by atoms with van der Waals surface area (Å²) in [6.45, 7) is 8.92. The number of nitrogens with zero attached hydrogens (tertiary/aromatic N) is 2. The molecule has 3 aromatic rings. The van der Waals surface area contributed by atoms with E-state index in [0.717, 1.165) is 26.8 Å². The van der Waals surface area contributed by atoms with Crippen molar-refractivity contribution in [1.82, 2.24) is 4.57 Å². The lowest BCUT2D eigenvalue weighted by Crippen LogP contribution is -2.31. The summed E-state index contributed by atoms with van der Waals surface area (Å²) in [5, 5.41) is 20.5. The third-order valence-corrected chi connectivity index (χ3v) is 5.39. The zero-order chi connectivity index (χ0) is 23.6. The van der Waals surface area contributed by atoms with Crippen LogP contribution < -0.4 is 10.3 Å². The average molecular weight is 431 g/mol. The van der Waals surface area contributed by atoms with Gasteiger partial charge in [-0.2, -0.15) is 5.26 Å². The molecule has 0 aliphatic heterocycles. The number of rotatable bonds is 6. The first-order valence-corrected chi connectivity index (χ1v) is 10.3. The molecular weight excluding hydrogens is 404 g/mol. The summed E-state index contributed by atoms with van der Waals surface area (Å²) in [6, 6.07) is 15.0. The summed E-state index contributed by atoms with van der Waals surface area (Å²) in [4.78, 5) is 26.1. The van der Waals surface area contributed by atoms with Gasteiger partial charge in [0.15, 0.2) is 6.10 Å². The van der Waals surface area contributed by atoms with Crippen molar-refractivity contribution in [3.05, 3.63) is 91.8 Å². The van der Waals surface area contributed by atoms with Crippen LogP contribution in [0, 0.1) is 39.0 Å². The number of aromatic nitrogens is 1. The Labute approximate surface area is 187 Å². The van der Waals surface area contributed by atoms with Crippen molar-refractivity contribution in [1.29, 1.82) is 5.26 Å². The number of Topliss-reactive ketones (excluding diaryl/α,β-unsaturated/α-hetero) is 1. The Balaban J connectivity index is 2.04. The van der Waals surface area contributed by atoms with Crippen LogP contribution in [0.5, 0.6) is 11.6 Å². The summed E-state index contributed by atoms with van der Waals surface area (Å²) in [5.74, 6) is -0.435. The van der Waals surface area contributed by atoms with E-state index in [-0.39, 0.29) is 23.2 Å². The fraction of sp³-hybridized carbons (Fsp3) is 0.269. The lowest BCUT2D eigenvalue weighted by atomic mass is 9.99. The van der Waals surface area contributed by atoms with Gasteiger partial charge >= 0.3 is 0 Å². The van der Waals surface area contributed by atoms with Crippen molar-refractivity contribution in [2.75, 3.05) is 0 Å². The van der Waals surface area contributed by atoms with E-state index in [1.54, 1.807) is 6.92 Å². The average Bonchev–Trinajstić information content (AvgIpc) is 2.72. The quantitative estimate of drug-likeness (QED) is 0.587. The van der Waals surface area contributed by atoms with Gasteiger partial charge < -0.3 is 9.84 Å². The first-order valence-electron chi connectivity index (χ1n) is 10.3. The number of aromatic hydroxyl groups is 1. The number of ether oxygens (including phenoxy) is 1. The van der Waals surface area contributed by atoms with Gasteiger partial charge in [0.05, 0.1) is 12.1 Å². The molecule has 1 aromatic heterocycles. The van der Waals surface area contributed by atoms with Gasteiger partial charge in [-0.1, -0.05) is 35.9 Å². The summed E-state index contributed by atoms with van der Waals surface area (Å²) in [6.07, 6.45) is -0.933. The van der Waals surface area contributed by atoms with Crippen molar-refractivity contribution >= 4 is 5.78 Å². The number of ketones is 1. The van der Waals surface area contributed by atoms with Gasteiger partial charge in [-0.3, -0.25) is 14.2 Å². The molecule has 0 spiro atoms. The molecule has 1 N–H and O–H groups in total. The van der Waals surface area contributed by atoms with Crippen LogP contribution in [0.4, 0.5) is 0 Å². The van der Waals surface area contributed by atoms with E-state index < -0.39 is 23.3 Å². The zero-order valence-corrected chi connectivity index (χ0v) is 18.9. The van der Waals surface area contributed by atoms with Gasteiger partial charge in [-0.25, -0.2) is 0 Å². The molecule has 0 saturated carbocycles. The van der Waals surface area contributed by atoms with Crippen LogP contribution >= 0.6 is 0 Å². The van der Waals surface area contributed by atoms with Gasteiger partial charge in [0.25, 0.3) is 5.56 Å². The van der Waals surface area contributed by atoms with Crippen LogP contribution in [0.1, 0.15) is 50.7 Å². The maximum atomic E-state index is 13.3. The van der Waals surface area contributed by atoms with Crippen LogP contribution in [-0.4, -0.2) is 21.6 Å². The second-order valence-corrected chi connectivity index (χ2v) is 8.14. The smallest absolute Gasteiger partial charge is 0.271 e. The van der Waals surface area contributed by atoms with E-state index in [1.165, 1.54) is 6.92 Å². The summed E-state index contributed by atoms with van der Waals surface area (Å²) in [5.41, 5.74) is 3.08. The molecule has 6 heteroatoms. The first-order chi connectivity index (χ1) is 15.1. The van der Waals surface area contributed by atoms with Crippen LogP contribution in [0.3, 0.4) is 0 Å². The molecule has 1 unspecified atom stereocenters. The number of carbonyl (C=O) groups is 1. The molecule has 164 valence electrons. The van der Waals surface area contributed by atoms with Gasteiger partial charge in [0.2, 0.25) is 11.7 Å². The molecule has 0 aliphatic carbocycles. The van der Waals surface area contributed by atoms with Crippen LogP contribution in [0.25, 0.3) is 0 Å². The highest BCUT2D eigenvalue weighted by Gasteiger charge is 2.28. The van der Waals surface area contributed by atoms with Gasteiger partial charge in [-0.05, 0) is 69.0 Å². The minimum atomic E-state index is -0.933. The van der Waals surface area contributed by atoms with E-state index in [9.17, 15) is 20.0 Å². The summed E-state index contributed by atoms with van der Waals surface area (Å²) < 4.78 is 6.91. The van der Waals surface area contributed by atoms with E-state index >= 15 is 0 Å². The highest BCUT2D eigenvalue weighted by atomic mass is 16.5. The molecule has 0 amide bonds. The second kappa shape index (κ2) is 9.11. The maximum Gasteiger partial charge on any atom is 0.271 e. The number of pyridine rings is 1. The normalized spacial score (nSPS) is 11.6. The minimum Gasteiger partial charge on any atom is -0.494 e. The van der Waals surface area contributed by atoms with Crippen molar-refractivity contribution < 1.29 is 14.6 Å². The lowest BCUT2D eigenvalue weighted by Gasteiger charge is -2.19. The second-order valence-electron chi connectivity index (χ2n) is 8.14. The Morgan fingerprint density at radius 1 is 1.06 bits per heavy atom. The lowest BCUT2D eigenvalue weighted by molar-refractivity contribution is 0.0812. The Morgan fingerprint density at radius 2 is 1.66 bits per heavy atom. The van der Waals surface area contributed by atoms with Gasteiger partial charge in [0.1, 0.15) is 17.4 Å². The summed E-state index contributed by atoms with van der Waals surface area (Å²) in [7, 11) is 0. The van der Waals surface area contributed by atoms with E-state index in [1.807, 2.05) is 69.3 Å². The molecule has 3 rings (SSSR count). The third kappa shape index (κ3) is 4.57. The predicted molar refractivity (Wildman–Crippen MR) is 122 cm³/mol. The molecular formula is C26H26N2O4. The molecule has 1 atom stereocenters. The zero-order valence-electron chi connectivity index (χ0n) is 18.9. The molecule has 0 radical (unpaired) electrons. The number of benzene rings is 2. The first kappa shape index (κ1) is 22.8. The van der Waals surface area contributed by atoms with Gasteiger partial charge in [-0.15, -0.1) is 0 Å². The number of hydrogen-bond donors (Lipinski definition) is 1. The Bertz CT molecular complexity index is 1260. The molecule has 0 saturated heterocycles. The largest absolute Gasteiger partial charge is 0.494 e. The maximum absolute atomic E-state index is 13.3. The SMILES string of the molecule is Cc1ccc(Cn2c(O)c(C(=O)C(C)Oc3cc(C)cc(C)c3)c(C)c(C#N)c2=O)cc1. The monoisotopic (exact) mass is 430 g/mol. The van der Waals surface area contributed by atoms with E-state index in [2.05, 4.69) is 0 Å². The summed E-state index contributed by atoms with van der Waals surface area (Å²) >= 11 is 0. The minimum absolute atomic E-state index is 0.0342. The number of carbonyl (C=O) groups excluding carboxylic acids is 1. The van der Waals surface area contributed by atoms with Gasteiger partial charge in [0, 0.05) is 0 Å². The fourth-order valence-electron chi connectivity index (χ4n) is 3.73. The van der Waals surface area contributed by atoms with Crippen molar-refractivity contribution in [2.45, 2.75) is 47.3 Å². The Morgan fingerprint density at radius 3 is 2.22 bits per heavy atom. The van der Waals surface area contributed by atoms with Crippen LogP contribution in [-0.2, 0) is 6.54 Å². The Hall–Kier alpha value is -3.85. The number of hydrogen-bond acceptors (Lipinski definition) is 5. The molecule has 2 aromatic carbocycles. The standard InChI is InChI=1S/C26H26N2O4/c1-15-6-8-20(9-7-15)14-28-25(30)22(13-27)18(4)23(26(28)31)24(29)19(5)32-21-11-16(2)10-17(3)12-21/h6-12,19,31H,14H2,1-5H3. The number of nitriles is 1.